The Morgan fingerprint density at radius 3 is 2.35 bits per heavy atom. The van der Waals surface area contributed by atoms with E-state index in [4.69, 9.17) is 4.74 Å². The molecular weight excluding hydrogens is 384 g/mol. The molecule has 2 aromatic rings. The molecule has 1 saturated carbocycles. The van der Waals surface area contributed by atoms with Crippen LogP contribution in [0.1, 0.15) is 24.8 Å². The van der Waals surface area contributed by atoms with E-state index in [1.165, 1.54) is 36.8 Å². The lowest BCUT2D eigenvalue weighted by atomic mass is 9.90. The number of ether oxygens (including phenoxy) is 1. The number of rotatable bonds is 6. The minimum Gasteiger partial charge on any atom is -0.410 e. The molecule has 0 aromatic heterocycles. The zero-order valence-corrected chi connectivity index (χ0v) is 17.9. The first kappa shape index (κ1) is 20.1. The maximum atomic E-state index is 12.4. The molecule has 31 heavy (non-hydrogen) atoms. The molecule has 2 fully saturated rings. The number of likely N-dealkylation sites (tertiary alicyclic amines) is 1. The van der Waals surface area contributed by atoms with Gasteiger partial charge in [-0.2, -0.15) is 0 Å². The lowest BCUT2D eigenvalue weighted by Crippen LogP contribution is -2.37. The summed E-state index contributed by atoms with van der Waals surface area (Å²) in [5, 5.41) is 3.01. The number of para-hydroxylation sites is 1. The van der Waals surface area contributed by atoms with Crippen molar-refractivity contribution in [2.75, 3.05) is 19.6 Å². The number of nitrogens with one attached hydrogen (secondary N) is 1. The van der Waals surface area contributed by atoms with Gasteiger partial charge in [-0.1, -0.05) is 60.7 Å². The monoisotopic (exact) mass is 414 g/mol. The summed E-state index contributed by atoms with van der Waals surface area (Å²) in [6.45, 7) is 3.13. The Morgan fingerprint density at radius 2 is 1.61 bits per heavy atom. The summed E-state index contributed by atoms with van der Waals surface area (Å²) in [4.78, 5) is 15.0. The lowest BCUT2D eigenvalue weighted by molar-refractivity contribution is 0.195. The number of hydrogen-bond acceptors (Lipinski definition) is 3. The second-order valence-electron chi connectivity index (χ2n) is 9.07. The third kappa shape index (κ3) is 5.26. The number of carbonyl (C=O) groups excluding carboxylic acids is 1. The number of amides is 1. The van der Waals surface area contributed by atoms with Crippen molar-refractivity contribution in [3.05, 3.63) is 89.6 Å². The second-order valence-corrected chi connectivity index (χ2v) is 9.07. The van der Waals surface area contributed by atoms with E-state index in [0.29, 0.717) is 17.6 Å². The normalized spacial score (nSPS) is 23.4. The first-order valence-corrected chi connectivity index (χ1v) is 11.5. The van der Waals surface area contributed by atoms with Gasteiger partial charge in [-0.3, -0.25) is 10.2 Å². The first-order chi connectivity index (χ1) is 15.2. The molecule has 1 N–H and O–H groups in total. The number of carbonyl (C=O) groups is 1. The highest BCUT2D eigenvalue weighted by Gasteiger charge is 2.38. The van der Waals surface area contributed by atoms with E-state index in [0.717, 1.165) is 31.2 Å². The minimum absolute atomic E-state index is 0.413. The predicted molar refractivity (Wildman–Crippen MR) is 123 cm³/mol. The Kier molecular flexibility index (Phi) is 5.90. The van der Waals surface area contributed by atoms with E-state index < -0.39 is 6.09 Å². The maximum Gasteiger partial charge on any atom is 0.417 e. The van der Waals surface area contributed by atoms with E-state index >= 15 is 0 Å². The smallest absolute Gasteiger partial charge is 0.410 e. The lowest BCUT2D eigenvalue weighted by Gasteiger charge is -2.33. The van der Waals surface area contributed by atoms with Gasteiger partial charge in [-0.25, -0.2) is 4.79 Å². The molecule has 5 rings (SSSR count). The Morgan fingerprint density at radius 1 is 0.935 bits per heavy atom. The summed E-state index contributed by atoms with van der Waals surface area (Å²) in [6.07, 6.45) is 9.03. The Labute approximate surface area is 184 Å². The van der Waals surface area contributed by atoms with Crippen molar-refractivity contribution >= 4 is 6.09 Å². The van der Waals surface area contributed by atoms with Gasteiger partial charge >= 0.3 is 6.09 Å². The van der Waals surface area contributed by atoms with E-state index in [9.17, 15) is 4.79 Å². The standard InChI is InChI=1S/C27H30N2O2/c30-27(31-25-9-5-2-6-10-25)28-26-18-23-16-22(23)17-24(26)19-29-13-11-21(12-14-29)15-20-7-3-1-4-8-20/h1-10,17-18,21-23H,11-16,19H2,(H,28,30). The Bertz CT molecular complexity index is 959. The fourth-order valence-electron chi connectivity index (χ4n) is 4.82. The van der Waals surface area contributed by atoms with Gasteiger partial charge in [0.1, 0.15) is 5.75 Å². The molecule has 1 heterocycles. The van der Waals surface area contributed by atoms with Crippen molar-refractivity contribution in [1.82, 2.24) is 10.2 Å². The predicted octanol–water partition coefficient (Wildman–Crippen LogP) is 5.19. The van der Waals surface area contributed by atoms with Gasteiger partial charge in [0.05, 0.1) is 0 Å². The topological polar surface area (TPSA) is 41.6 Å². The van der Waals surface area contributed by atoms with Gasteiger partial charge in [0.2, 0.25) is 0 Å². The molecule has 160 valence electrons. The van der Waals surface area contributed by atoms with Crippen LogP contribution in [0, 0.1) is 17.8 Å². The third-order valence-electron chi connectivity index (χ3n) is 6.69. The van der Waals surface area contributed by atoms with Gasteiger partial charge in [-0.15, -0.1) is 0 Å². The summed E-state index contributed by atoms with van der Waals surface area (Å²) < 4.78 is 5.44. The molecular formula is C27H30N2O2. The summed E-state index contributed by atoms with van der Waals surface area (Å²) >= 11 is 0. The average molecular weight is 415 g/mol. The quantitative estimate of drug-likeness (QED) is 0.707. The maximum absolute atomic E-state index is 12.4. The van der Waals surface area contributed by atoms with Gasteiger partial charge < -0.3 is 4.74 Å². The van der Waals surface area contributed by atoms with Crippen LogP contribution in [0.2, 0.25) is 0 Å². The van der Waals surface area contributed by atoms with Crippen LogP contribution in [0.5, 0.6) is 5.75 Å². The van der Waals surface area contributed by atoms with Crippen molar-refractivity contribution in [1.29, 1.82) is 0 Å². The number of hydrogen-bond donors (Lipinski definition) is 1. The van der Waals surface area contributed by atoms with Crippen molar-refractivity contribution in [3.8, 4) is 5.75 Å². The molecule has 0 radical (unpaired) electrons. The fraction of sp³-hybridized carbons (Fsp3) is 0.370. The molecule has 1 aliphatic heterocycles. The van der Waals surface area contributed by atoms with Gasteiger partial charge in [0, 0.05) is 12.2 Å². The molecule has 1 amide bonds. The average Bonchev–Trinajstić information content (AvgIpc) is 3.55. The van der Waals surface area contributed by atoms with Gasteiger partial charge in [0.25, 0.3) is 0 Å². The molecule has 2 aliphatic carbocycles. The highest BCUT2D eigenvalue weighted by Crippen LogP contribution is 2.46. The van der Waals surface area contributed by atoms with Crippen molar-refractivity contribution < 1.29 is 9.53 Å². The molecule has 0 bridgehead atoms. The Balaban J connectivity index is 1.15. The zero-order chi connectivity index (χ0) is 21.0. The summed E-state index contributed by atoms with van der Waals surface area (Å²) in [5.74, 6) is 2.56. The van der Waals surface area contributed by atoms with E-state index in [1.54, 1.807) is 12.1 Å². The van der Waals surface area contributed by atoms with Crippen LogP contribution in [0.4, 0.5) is 4.79 Å². The van der Waals surface area contributed by atoms with E-state index in [2.05, 4.69) is 52.7 Å². The molecule has 3 aliphatic rings. The van der Waals surface area contributed by atoms with Crippen LogP contribution < -0.4 is 10.1 Å². The number of fused-ring (bicyclic) bond motifs is 1. The highest BCUT2D eigenvalue weighted by atomic mass is 16.6. The van der Waals surface area contributed by atoms with Gasteiger partial charge in [0.15, 0.2) is 0 Å². The van der Waals surface area contributed by atoms with Crippen molar-refractivity contribution in [2.45, 2.75) is 25.7 Å². The molecule has 2 aromatic carbocycles. The molecule has 2 unspecified atom stereocenters. The molecule has 1 saturated heterocycles. The van der Waals surface area contributed by atoms with Crippen LogP contribution in [0.3, 0.4) is 0 Å². The number of allylic oxidation sites excluding steroid dienone is 2. The molecule has 4 nitrogen and oxygen atoms in total. The molecule has 4 heteroatoms. The number of nitrogens with zero attached hydrogens (tertiary/aromatic N) is 1. The van der Waals surface area contributed by atoms with E-state index in [1.807, 2.05) is 18.2 Å². The van der Waals surface area contributed by atoms with Gasteiger partial charge in [-0.05, 0) is 79.8 Å². The zero-order valence-electron chi connectivity index (χ0n) is 17.9. The summed E-state index contributed by atoms with van der Waals surface area (Å²) in [5.41, 5.74) is 3.62. The minimum atomic E-state index is -0.413. The number of piperidine rings is 1. The van der Waals surface area contributed by atoms with Crippen LogP contribution in [-0.2, 0) is 6.42 Å². The Hall–Kier alpha value is -2.85. The van der Waals surface area contributed by atoms with E-state index in [-0.39, 0.29) is 0 Å². The third-order valence-corrected chi connectivity index (χ3v) is 6.69. The van der Waals surface area contributed by atoms with Crippen LogP contribution in [0.15, 0.2) is 84.1 Å². The largest absolute Gasteiger partial charge is 0.417 e. The first-order valence-electron chi connectivity index (χ1n) is 11.5. The summed E-state index contributed by atoms with van der Waals surface area (Å²) in [7, 11) is 0. The van der Waals surface area contributed by atoms with Crippen molar-refractivity contribution in [3.63, 3.8) is 0 Å². The second kappa shape index (κ2) is 9.11. The summed E-state index contributed by atoms with van der Waals surface area (Å²) in [6, 6.07) is 20.1. The number of benzene rings is 2. The molecule has 2 atom stereocenters. The van der Waals surface area contributed by atoms with Crippen LogP contribution in [-0.4, -0.2) is 30.6 Å². The SMILES string of the molecule is O=C(NC1=CC2CC2C=C1CN1CCC(Cc2ccccc2)CC1)Oc1ccccc1. The molecule has 0 spiro atoms. The fourth-order valence-corrected chi connectivity index (χ4v) is 4.82. The highest BCUT2D eigenvalue weighted by molar-refractivity contribution is 5.74. The van der Waals surface area contributed by atoms with Crippen LogP contribution in [0.25, 0.3) is 0 Å². The van der Waals surface area contributed by atoms with Crippen LogP contribution >= 0.6 is 0 Å². The van der Waals surface area contributed by atoms with Crippen molar-refractivity contribution in [2.24, 2.45) is 17.8 Å².